The summed E-state index contributed by atoms with van der Waals surface area (Å²) in [4.78, 5) is 14.6. The van der Waals surface area contributed by atoms with E-state index in [2.05, 4.69) is 11.4 Å². The number of carbonyl (C=O) groups is 1. The third-order valence-corrected chi connectivity index (χ3v) is 4.85. The Morgan fingerprint density at radius 3 is 2.64 bits per heavy atom. The molecule has 1 unspecified atom stereocenters. The molecule has 1 fully saturated rings. The molecule has 2 heterocycles. The Labute approximate surface area is 150 Å². The third kappa shape index (κ3) is 4.98. The minimum absolute atomic E-state index is 0.113. The average Bonchev–Trinajstić information content (AvgIpc) is 2.68. The Morgan fingerprint density at radius 2 is 2.00 bits per heavy atom. The molecule has 1 atom stereocenters. The fourth-order valence-corrected chi connectivity index (χ4v) is 3.36. The smallest absolute Gasteiger partial charge is 0.253 e. The van der Waals surface area contributed by atoms with E-state index in [0.717, 1.165) is 56.6 Å². The quantitative estimate of drug-likeness (QED) is 0.862. The number of hydrogen-bond acceptors (Lipinski definition) is 4. The third-order valence-electron chi connectivity index (χ3n) is 4.85. The highest BCUT2D eigenvalue weighted by molar-refractivity contribution is 5.94. The van der Waals surface area contributed by atoms with E-state index >= 15 is 0 Å². The van der Waals surface area contributed by atoms with Crippen molar-refractivity contribution >= 4 is 5.91 Å². The Balaban J connectivity index is 1.43. The van der Waals surface area contributed by atoms with E-state index in [4.69, 9.17) is 9.47 Å². The largest absolute Gasteiger partial charge is 0.497 e. The lowest BCUT2D eigenvalue weighted by atomic mass is 10.0. The van der Waals surface area contributed by atoms with Crippen LogP contribution >= 0.6 is 0 Å². The normalized spacial score (nSPS) is 21.0. The van der Waals surface area contributed by atoms with Crippen LogP contribution in [0.1, 0.15) is 43.0 Å². The summed E-state index contributed by atoms with van der Waals surface area (Å²) in [6.07, 6.45) is 8.33. The molecule has 0 aliphatic carbocycles. The van der Waals surface area contributed by atoms with Crippen LogP contribution in [0.5, 0.6) is 5.75 Å². The molecular formula is C20H28N2O3. The van der Waals surface area contributed by atoms with Gasteiger partial charge in [0, 0.05) is 31.2 Å². The maximum atomic E-state index is 12.6. The second-order valence-corrected chi connectivity index (χ2v) is 6.64. The van der Waals surface area contributed by atoms with Crippen LogP contribution in [0.25, 0.3) is 0 Å². The van der Waals surface area contributed by atoms with E-state index in [1.54, 1.807) is 0 Å². The summed E-state index contributed by atoms with van der Waals surface area (Å²) >= 11 is 0. The van der Waals surface area contributed by atoms with Crippen LogP contribution in [0.2, 0.25) is 0 Å². The van der Waals surface area contributed by atoms with E-state index in [-0.39, 0.29) is 12.0 Å². The first kappa shape index (κ1) is 17.8. The second kappa shape index (κ2) is 8.90. The van der Waals surface area contributed by atoms with Gasteiger partial charge < -0.3 is 19.7 Å². The van der Waals surface area contributed by atoms with Crippen molar-refractivity contribution in [2.75, 3.05) is 26.2 Å². The predicted molar refractivity (Wildman–Crippen MR) is 97.8 cm³/mol. The zero-order valence-electron chi connectivity index (χ0n) is 14.9. The van der Waals surface area contributed by atoms with Gasteiger partial charge in [-0.1, -0.05) is 0 Å². The van der Waals surface area contributed by atoms with Gasteiger partial charge in [0.1, 0.15) is 11.9 Å². The van der Waals surface area contributed by atoms with E-state index in [9.17, 15) is 4.79 Å². The van der Waals surface area contributed by atoms with Crippen molar-refractivity contribution in [3.05, 3.63) is 42.2 Å². The summed E-state index contributed by atoms with van der Waals surface area (Å²) in [5, 5.41) is 3.60. The average molecular weight is 344 g/mol. The number of nitrogens with one attached hydrogen (secondary N) is 1. The van der Waals surface area contributed by atoms with Crippen molar-refractivity contribution in [1.82, 2.24) is 10.2 Å². The topological polar surface area (TPSA) is 50.8 Å². The predicted octanol–water partition coefficient (Wildman–Crippen LogP) is 2.97. The highest BCUT2D eigenvalue weighted by Crippen LogP contribution is 2.17. The van der Waals surface area contributed by atoms with Gasteiger partial charge in [-0.05, 0) is 62.9 Å². The molecule has 2 aliphatic rings. The number of allylic oxidation sites excluding steroid dienone is 1. The summed E-state index contributed by atoms with van der Waals surface area (Å²) < 4.78 is 11.0. The fraction of sp³-hybridized carbons (Fsp3) is 0.550. The minimum atomic E-state index is 0.113. The van der Waals surface area contributed by atoms with Crippen LogP contribution in [-0.2, 0) is 4.74 Å². The van der Waals surface area contributed by atoms with Crippen LogP contribution in [0.3, 0.4) is 0 Å². The number of amides is 1. The molecule has 2 aliphatic heterocycles. The minimum Gasteiger partial charge on any atom is -0.497 e. The van der Waals surface area contributed by atoms with E-state index in [1.807, 2.05) is 42.4 Å². The molecule has 5 heteroatoms. The van der Waals surface area contributed by atoms with E-state index < -0.39 is 0 Å². The van der Waals surface area contributed by atoms with E-state index in [1.165, 1.54) is 0 Å². The van der Waals surface area contributed by atoms with Gasteiger partial charge in [0.25, 0.3) is 5.91 Å². The van der Waals surface area contributed by atoms with Crippen molar-refractivity contribution in [2.45, 2.75) is 44.8 Å². The van der Waals surface area contributed by atoms with Crippen LogP contribution in [0.15, 0.2) is 36.6 Å². The van der Waals surface area contributed by atoms with Crippen LogP contribution < -0.4 is 10.1 Å². The van der Waals surface area contributed by atoms with Gasteiger partial charge in [-0.15, -0.1) is 0 Å². The fourth-order valence-electron chi connectivity index (χ4n) is 3.36. The van der Waals surface area contributed by atoms with Gasteiger partial charge in [-0.25, -0.2) is 0 Å². The molecule has 0 spiro atoms. The molecule has 1 N–H and O–H groups in total. The van der Waals surface area contributed by atoms with Crippen molar-refractivity contribution in [3.8, 4) is 5.75 Å². The van der Waals surface area contributed by atoms with Gasteiger partial charge >= 0.3 is 0 Å². The summed E-state index contributed by atoms with van der Waals surface area (Å²) in [6.45, 7) is 5.08. The molecule has 0 radical (unpaired) electrons. The zero-order valence-corrected chi connectivity index (χ0v) is 14.9. The van der Waals surface area contributed by atoms with Crippen LogP contribution in [0.4, 0.5) is 0 Å². The monoisotopic (exact) mass is 344 g/mol. The van der Waals surface area contributed by atoms with Gasteiger partial charge in [-0.3, -0.25) is 4.79 Å². The molecular weight excluding hydrogens is 316 g/mol. The summed E-state index contributed by atoms with van der Waals surface area (Å²) in [7, 11) is 0. The summed E-state index contributed by atoms with van der Waals surface area (Å²) in [6, 6.07) is 7.91. The Hall–Kier alpha value is -2.01. The maximum Gasteiger partial charge on any atom is 0.253 e. The number of carbonyl (C=O) groups excluding carboxylic acids is 1. The highest BCUT2D eigenvalue weighted by Gasteiger charge is 2.24. The highest BCUT2D eigenvalue weighted by atomic mass is 16.5. The standard InChI is InChI=1S/C20H28N2O3/c1-2-24-18-8-6-16(7-9-18)20(23)22-12-10-17(11-13-22)21-15-19-5-3-4-14-25-19/h4,6-9,14,17,19,21H,2-3,5,10-13,15H2,1H3. The van der Waals surface area contributed by atoms with Gasteiger partial charge in [0.05, 0.1) is 12.9 Å². The van der Waals surface area contributed by atoms with Gasteiger partial charge in [0.15, 0.2) is 0 Å². The van der Waals surface area contributed by atoms with Gasteiger partial charge in [-0.2, -0.15) is 0 Å². The van der Waals surface area contributed by atoms with Crippen LogP contribution in [0, 0.1) is 0 Å². The number of piperidine rings is 1. The second-order valence-electron chi connectivity index (χ2n) is 6.64. The SMILES string of the molecule is CCOc1ccc(C(=O)N2CCC(NCC3CCC=CO3)CC2)cc1. The molecule has 1 aromatic rings. The maximum absolute atomic E-state index is 12.6. The summed E-state index contributed by atoms with van der Waals surface area (Å²) in [5.41, 5.74) is 0.734. The lowest BCUT2D eigenvalue weighted by Gasteiger charge is -2.33. The number of hydrogen-bond donors (Lipinski definition) is 1. The van der Waals surface area contributed by atoms with Crippen molar-refractivity contribution in [1.29, 1.82) is 0 Å². The van der Waals surface area contributed by atoms with Crippen molar-refractivity contribution in [2.24, 2.45) is 0 Å². The lowest BCUT2D eigenvalue weighted by molar-refractivity contribution is 0.0691. The summed E-state index contributed by atoms with van der Waals surface area (Å²) in [5.74, 6) is 0.920. The number of ether oxygens (including phenoxy) is 2. The Bertz CT molecular complexity index is 577. The molecule has 0 aromatic heterocycles. The molecule has 1 amide bonds. The molecule has 3 rings (SSSR count). The Morgan fingerprint density at radius 1 is 1.24 bits per heavy atom. The molecule has 1 aromatic carbocycles. The Kier molecular flexibility index (Phi) is 6.34. The van der Waals surface area contributed by atoms with Gasteiger partial charge in [0.2, 0.25) is 0 Å². The molecule has 0 bridgehead atoms. The molecule has 5 nitrogen and oxygen atoms in total. The first-order valence-corrected chi connectivity index (χ1v) is 9.32. The van der Waals surface area contributed by atoms with Crippen molar-refractivity contribution < 1.29 is 14.3 Å². The number of benzene rings is 1. The lowest BCUT2D eigenvalue weighted by Crippen LogP contribution is -2.46. The van der Waals surface area contributed by atoms with E-state index in [0.29, 0.717) is 12.6 Å². The molecule has 0 saturated carbocycles. The number of likely N-dealkylation sites (tertiary alicyclic amines) is 1. The zero-order chi connectivity index (χ0) is 17.5. The first-order chi connectivity index (χ1) is 12.3. The van der Waals surface area contributed by atoms with Crippen molar-refractivity contribution in [3.63, 3.8) is 0 Å². The first-order valence-electron chi connectivity index (χ1n) is 9.32. The molecule has 25 heavy (non-hydrogen) atoms. The number of rotatable bonds is 6. The van der Waals surface area contributed by atoms with Crippen LogP contribution in [-0.4, -0.2) is 49.2 Å². The molecule has 136 valence electrons. The number of nitrogens with zero attached hydrogens (tertiary/aromatic N) is 1. The molecule has 1 saturated heterocycles.